The number of alkyl halides is 3. The fourth-order valence-electron chi connectivity index (χ4n) is 2.17. The molecule has 0 aromatic carbocycles. The van der Waals surface area contributed by atoms with E-state index in [1.807, 2.05) is 0 Å². The third-order valence-corrected chi connectivity index (χ3v) is 3.13. The van der Waals surface area contributed by atoms with E-state index in [0.29, 0.717) is 39.2 Å². The lowest BCUT2D eigenvalue weighted by Crippen LogP contribution is -2.38. The smallest absolute Gasteiger partial charge is 0.383 e. The van der Waals surface area contributed by atoms with Crippen molar-refractivity contribution in [2.75, 3.05) is 53.0 Å². The fourth-order valence-corrected chi connectivity index (χ4v) is 2.17. The van der Waals surface area contributed by atoms with E-state index in [1.54, 1.807) is 7.11 Å². The molecule has 0 spiro atoms. The van der Waals surface area contributed by atoms with Crippen LogP contribution < -0.4 is 10.6 Å². The van der Waals surface area contributed by atoms with Crippen LogP contribution in [-0.4, -0.2) is 70.0 Å². The topological polar surface area (TPSA) is 53.6 Å². The molecular weight excluding hydrogens is 275 g/mol. The summed E-state index contributed by atoms with van der Waals surface area (Å²) in [6.07, 6.45) is -3.46. The number of hydrogen-bond acceptors (Lipinski definition) is 4. The lowest BCUT2D eigenvalue weighted by atomic mass is 10.1. The second-order valence-corrected chi connectivity index (χ2v) is 4.98. The Hall–Kier alpha value is -0.860. The Bertz CT molecular complexity index is 300. The fraction of sp³-hybridized carbons (Fsp3) is 0.917. The van der Waals surface area contributed by atoms with Gasteiger partial charge in [-0.3, -0.25) is 9.69 Å². The standard InChI is InChI=1S/C12H22F3N3O2/c1-20-5-3-16-7-11(19)17-6-10-2-4-18(8-10)9-12(13,14)15/h10,16H,2-9H2,1H3,(H,17,19). The van der Waals surface area contributed by atoms with Crippen molar-refractivity contribution in [3.05, 3.63) is 0 Å². The number of hydrogen-bond donors (Lipinski definition) is 2. The number of ether oxygens (including phenoxy) is 1. The molecule has 118 valence electrons. The van der Waals surface area contributed by atoms with Crippen molar-refractivity contribution in [1.82, 2.24) is 15.5 Å². The highest BCUT2D eigenvalue weighted by molar-refractivity contribution is 5.77. The van der Waals surface area contributed by atoms with Crippen LogP contribution in [0.15, 0.2) is 0 Å². The maximum atomic E-state index is 12.2. The quantitative estimate of drug-likeness (QED) is 0.630. The van der Waals surface area contributed by atoms with Gasteiger partial charge in [0.05, 0.1) is 19.7 Å². The second kappa shape index (κ2) is 8.43. The van der Waals surface area contributed by atoms with Gasteiger partial charge in [0, 0.05) is 26.7 Å². The average molecular weight is 297 g/mol. The van der Waals surface area contributed by atoms with Crippen LogP contribution in [0.3, 0.4) is 0 Å². The molecule has 1 aliphatic rings. The van der Waals surface area contributed by atoms with E-state index in [2.05, 4.69) is 10.6 Å². The first-order chi connectivity index (χ1) is 9.40. The summed E-state index contributed by atoms with van der Waals surface area (Å²) in [7, 11) is 1.58. The number of methoxy groups -OCH3 is 1. The predicted octanol–water partition coefficient (Wildman–Crippen LogP) is 0.223. The van der Waals surface area contributed by atoms with Crippen molar-refractivity contribution in [3.8, 4) is 0 Å². The Kier molecular flexibility index (Phi) is 7.25. The zero-order valence-corrected chi connectivity index (χ0v) is 11.6. The van der Waals surface area contributed by atoms with E-state index in [-0.39, 0.29) is 18.4 Å². The molecule has 0 aromatic heterocycles. The monoisotopic (exact) mass is 297 g/mol. The largest absolute Gasteiger partial charge is 0.401 e. The van der Waals surface area contributed by atoms with E-state index in [0.717, 1.165) is 0 Å². The van der Waals surface area contributed by atoms with Crippen molar-refractivity contribution >= 4 is 5.91 Å². The van der Waals surface area contributed by atoms with Crippen LogP contribution in [0, 0.1) is 5.92 Å². The molecule has 1 heterocycles. The van der Waals surface area contributed by atoms with Gasteiger partial charge in [-0.15, -0.1) is 0 Å². The molecule has 1 amide bonds. The molecule has 20 heavy (non-hydrogen) atoms. The van der Waals surface area contributed by atoms with Gasteiger partial charge >= 0.3 is 6.18 Å². The average Bonchev–Trinajstić information content (AvgIpc) is 2.77. The van der Waals surface area contributed by atoms with Gasteiger partial charge in [0.15, 0.2) is 0 Å². The minimum Gasteiger partial charge on any atom is -0.383 e. The van der Waals surface area contributed by atoms with Crippen LogP contribution in [0.1, 0.15) is 6.42 Å². The SMILES string of the molecule is COCCNCC(=O)NCC1CCN(CC(F)(F)F)C1. The van der Waals surface area contributed by atoms with Gasteiger partial charge in [-0.05, 0) is 18.9 Å². The molecule has 0 aromatic rings. The molecule has 0 aliphatic carbocycles. The second-order valence-electron chi connectivity index (χ2n) is 4.98. The molecule has 5 nitrogen and oxygen atoms in total. The van der Waals surface area contributed by atoms with E-state index in [4.69, 9.17) is 4.74 Å². The van der Waals surface area contributed by atoms with E-state index < -0.39 is 12.7 Å². The summed E-state index contributed by atoms with van der Waals surface area (Å²) >= 11 is 0. The van der Waals surface area contributed by atoms with Gasteiger partial charge in [0.1, 0.15) is 0 Å². The zero-order valence-electron chi connectivity index (χ0n) is 11.6. The molecule has 1 unspecified atom stereocenters. The normalized spacial score (nSPS) is 20.3. The Labute approximate surface area is 116 Å². The number of carbonyl (C=O) groups is 1. The van der Waals surface area contributed by atoms with Crippen LogP contribution in [-0.2, 0) is 9.53 Å². The van der Waals surface area contributed by atoms with Crippen molar-refractivity contribution < 1.29 is 22.7 Å². The van der Waals surface area contributed by atoms with Crippen LogP contribution >= 0.6 is 0 Å². The summed E-state index contributed by atoms with van der Waals surface area (Å²) in [6, 6.07) is 0. The Balaban J connectivity index is 2.09. The summed E-state index contributed by atoms with van der Waals surface area (Å²) in [5.41, 5.74) is 0. The first-order valence-electron chi connectivity index (χ1n) is 6.66. The minimum absolute atomic E-state index is 0.0975. The molecule has 0 radical (unpaired) electrons. The third-order valence-electron chi connectivity index (χ3n) is 3.13. The van der Waals surface area contributed by atoms with Crippen molar-refractivity contribution in [2.45, 2.75) is 12.6 Å². The number of nitrogens with one attached hydrogen (secondary N) is 2. The number of nitrogens with zero attached hydrogens (tertiary/aromatic N) is 1. The Morgan fingerprint density at radius 3 is 2.85 bits per heavy atom. The molecule has 2 N–H and O–H groups in total. The first-order valence-corrected chi connectivity index (χ1v) is 6.66. The summed E-state index contributed by atoms with van der Waals surface area (Å²) in [6.45, 7) is 1.70. The number of carbonyl (C=O) groups excluding carboxylic acids is 1. The van der Waals surface area contributed by atoms with Gasteiger partial charge in [0.2, 0.25) is 5.91 Å². The highest BCUT2D eigenvalue weighted by atomic mass is 19.4. The van der Waals surface area contributed by atoms with Crippen LogP contribution in [0.2, 0.25) is 0 Å². The number of amides is 1. The molecule has 1 rings (SSSR count). The third kappa shape index (κ3) is 7.66. The molecule has 8 heteroatoms. The summed E-state index contributed by atoms with van der Waals surface area (Å²) in [4.78, 5) is 12.8. The van der Waals surface area contributed by atoms with Gasteiger partial charge in [-0.25, -0.2) is 0 Å². The minimum atomic E-state index is -4.15. The highest BCUT2D eigenvalue weighted by Gasteiger charge is 2.34. The summed E-state index contributed by atoms with van der Waals surface area (Å²) in [5.74, 6) is -0.0457. The van der Waals surface area contributed by atoms with E-state index >= 15 is 0 Å². The molecule has 0 saturated carbocycles. The van der Waals surface area contributed by atoms with E-state index in [9.17, 15) is 18.0 Å². The molecule has 1 saturated heterocycles. The lowest BCUT2D eigenvalue weighted by molar-refractivity contribution is -0.143. The molecular formula is C12H22F3N3O2. The van der Waals surface area contributed by atoms with Gasteiger partial charge in [-0.2, -0.15) is 13.2 Å². The zero-order chi connectivity index (χ0) is 15.0. The predicted molar refractivity (Wildman–Crippen MR) is 68.4 cm³/mol. The van der Waals surface area contributed by atoms with Crippen molar-refractivity contribution in [2.24, 2.45) is 5.92 Å². The number of halogens is 3. The molecule has 1 aliphatic heterocycles. The van der Waals surface area contributed by atoms with Crippen molar-refractivity contribution in [1.29, 1.82) is 0 Å². The summed E-state index contributed by atoms with van der Waals surface area (Å²) < 4.78 is 41.5. The Morgan fingerprint density at radius 2 is 2.20 bits per heavy atom. The molecule has 1 fully saturated rings. The van der Waals surface area contributed by atoms with Gasteiger partial charge < -0.3 is 15.4 Å². The van der Waals surface area contributed by atoms with E-state index in [1.165, 1.54) is 4.90 Å². The van der Waals surface area contributed by atoms with Crippen LogP contribution in [0.25, 0.3) is 0 Å². The van der Waals surface area contributed by atoms with Crippen molar-refractivity contribution in [3.63, 3.8) is 0 Å². The van der Waals surface area contributed by atoms with Gasteiger partial charge in [0.25, 0.3) is 0 Å². The number of rotatable bonds is 8. The summed E-state index contributed by atoms with van der Waals surface area (Å²) in [5, 5.41) is 5.64. The Morgan fingerprint density at radius 1 is 1.45 bits per heavy atom. The number of likely N-dealkylation sites (tertiary alicyclic amines) is 1. The maximum Gasteiger partial charge on any atom is 0.401 e. The highest BCUT2D eigenvalue weighted by Crippen LogP contribution is 2.22. The van der Waals surface area contributed by atoms with Crippen LogP contribution in [0.4, 0.5) is 13.2 Å². The maximum absolute atomic E-state index is 12.2. The van der Waals surface area contributed by atoms with Crippen LogP contribution in [0.5, 0.6) is 0 Å². The molecule has 1 atom stereocenters. The first kappa shape index (κ1) is 17.2. The van der Waals surface area contributed by atoms with Gasteiger partial charge in [-0.1, -0.05) is 0 Å². The lowest BCUT2D eigenvalue weighted by Gasteiger charge is -2.18. The molecule has 0 bridgehead atoms.